The molecule has 2 aromatic heterocycles. The Labute approximate surface area is 176 Å². The van der Waals surface area contributed by atoms with Gasteiger partial charge in [-0.25, -0.2) is 4.79 Å². The van der Waals surface area contributed by atoms with E-state index in [9.17, 15) is 14.4 Å². The molecule has 0 aliphatic rings. The Morgan fingerprint density at radius 1 is 1.23 bits per heavy atom. The van der Waals surface area contributed by atoms with Crippen molar-refractivity contribution in [1.29, 1.82) is 0 Å². The van der Waals surface area contributed by atoms with Crippen molar-refractivity contribution in [3.8, 4) is 11.4 Å². The Balaban J connectivity index is 1.83. The molecular formula is C20H18ClN3O6. The predicted molar refractivity (Wildman–Crippen MR) is 107 cm³/mol. The molecule has 1 aromatic carbocycles. The van der Waals surface area contributed by atoms with Crippen molar-refractivity contribution in [2.45, 2.75) is 13.5 Å². The molecule has 0 radical (unpaired) electrons. The van der Waals surface area contributed by atoms with Gasteiger partial charge in [-0.3, -0.25) is 9.59 Å². The van der Waals surface area contributed by atoms with Crippen molar-refractivity contribution in [3.05, 3.63) is 75.6 Å². The highest BCUT2D eigenvalue weighted by atomic mass is 35.5. The SMILES string of the molecule is CCOC(=O)c1nn(-c2ccccc2Cl)c(=O)cc1OCC(=O)NCc1ccco1. The highest BCUT2D eigenvalue weighted by Gasteiger charge is 2.21. The molecule has 0 saturated carbocycles. The Hall–Kier alpha value is -3.59. The summed E-state index contributed by atoms with van der Waals surface area (Å²) in [6.45, 7) is 1.45. The van der Waals surface area contributed by atoms with Crippen LogP contribution in [0, 0.1) is 0 Å². The van der Waals surface area contributed by atoms with E-state index in [1.807, 2.05) is 0 Å². The van der Waals surface area contributed by atoms with Gasteiger partial charge in [0.1, 0.15) is 5.76 Å². The molecule has 0 aliphatic heterocycles. The van der Waals surface area contributed by atoms with Crippen LogP contribution in [0.15, 0.2) is 57.9 Å². The molecule has 1 N–H and O–H groups in total. The van der Waals surface area contributed by atoms with Crippen molar-refractivity contribution >= 4 is 23.5 Å². The van der Waals surface area contributed by atoms with Gasteiger partial charge in [-0.1, -0.05) is 23.7 Å². The van der Waals surface area contributed by atoms with Crippen molar-refractivity contribution in [3.63, 3.8) is 0 Å². The number of hydrogen-bond donors (Lipinski definition) is 1. The zero-order valence-electron chi connectivity index (χ0n) is 16.0. The van der Waals surface area contributed by atoms with E-state index in [0.29, 0.717) is 5.76 Å². The van der Waals surface area contributed by atoms with Crippen molar-refractivity contribution in [2.24, 2.45) is 0 Å². The molecule has 0 saturated heterocycles. The Bertz CT molecular complexity index is 1090. The lowest BCUT2D eigenvalue weighted by Gasteiger charge is -2.13. The molecule has 0 atom stereocenters. The maximum atomic E-state index is 12.5. The van der Waals surface area contributed by atoms with Gasteiger partial charge < -0.3 is 19.2 Å². The third-order valence-corrected chi connectivity index (χ3v) is 4.16. The fourth-order valence-electron chi connectivity index (χ4n) is 2.48. The Morgan fingerprint density at radius 3 is 2.73 bits per heavy atom. The second-order valence-corrected chi connectivity index (χ2v) is 6.33. The van der Waals surface area contributed by atoms with Gasteiger partial charge in [0, 0.05) is 0 Å². The van der Waals surface area contributed by atoms with Crippen molar-refractivity contribution < 1.29 is 23.5 Å². The quantitative estimate of drug-likeness (QED) is 0.544. The zero-order valence-corrected chi connectivity index (χ0v) is 16.7. The van der Waals surface area contributed by atoms with E-state index in [-0.39, 0.29) is 35.3 Å². The first-order valence-electron chi connectivity index (χ1n) is 8.98. The molecule has 1 amide bonds. The summed E-state index contributed by atoms with van der Waals surface area (Å²) in [6.07, 6.45) is 1.49. The number of nitrogens with one attached hydrogen (secondary N) is 1. The number of rotatable bonds is 8. The van der Waals surface area contributed by atoms with Gasteiger partial charge >= 0.3 is 5.97 Å². The average Bonchev–Trinajstić information content (AvgIpc) is 3.25. The first-order chi connectivity index (χ1) is 14.5. The topological polar surface area (TPSA) is 113 Å². The van der Waals surface area contributed by atoms with E-state index < -0.39 is 24.0 Å². The van der Waals surface area contributed by atoms with Gasteiger partial charge in [-0.15, -0.1) is 0 Å². The molecule has 0 aliphatic carbocycles. The number of esters is 1. The minimum absolute atomic E-state index is 0.0921. The van der Waals surface area contributed by atoms with Crippen LogP contribution < -0.4 is 15.6 Å². The molecule has 0 spiro atoms. The highest BCUT2D eigenvalue weighted by Crippen LogP contribution is 2.20. The van der Waals surface area contributed by atoms with E-state index in [1.165, 1.54) is 6.26 Å². The number of aromatic nitrogens is 2. The van der Waals surface area contributed by atoms with Gasteiger partial charge in [0.25, 0.3) is 11.5 Å². The van der Waals surface area contributed by atoms with Gasteiger partial charge in [0.05, 0.1) is 36.2 Å². The van der Waals surface area contributed by atoms with Crippen LogP contribution >= 0.6 is 11.6 Å². The van der Waals surface area contributed by atoms with Crippen LogP contribution in [0.1, 0.15) is 23.2 Å². The number of para-hydroxylation sites is 1. The van der Waals surface area contributed by atoms with Crippen LogP contribution in [0.3, 0.4) is 0 Å². The summed E-state index contributed by atoms with van der Waals surface area (Å²) in [5.41, 5.74) is -0.560. The third kappa shape index (κ3) is 5.06. The van der Waals surface area contributed by atoms with E-state index in [1.54, 1.807) is 43.3 Å². The van der Waals surface area contributed by atoms with Gasteiger partial charge in [-0.05, 0) is 31.2 Å². The minimum atomic E-state index is -0.802. The van der Waals surface area contributed by atoms with E-state index in [0.717, 1.165) is 10.7 Å². The maximum Gasteiger partial charge on any atom is 0.362 e. The molecule has 2 heterocycles. The number of carbonyl (C=O) groups is 2. The number of furan rings is 1. The Kier molecular flexibility index (Phi) is 6.87. The maximum absolute atomic E-state index is 12.5. The van der Waals surface area contributed by atoms with E-state index in [4.69, 9.17) is 25.5 Å². The molecule has 30 heavy (non-hydrogen) atoms. The Morgan fingerprint density at radius 2 is 2.03 bits per heavy atom. The number of ether oxygens (including phenoxy) is 2. The lowest BCUT2D eigenvalue weighted by molar-refractivity contribution is -0.123. The van der Waals surface area contributed by atoms with Gasteiger partial charge in [0.2, 0.25) is 5.69 Å². The number of amides is 1. The number of benzene rings is 1. The zero-order chi connectivity index (χ0) is 21.5. The standard InChI is InChI=1S/C20H18ClN3O6/c1-2-28-20(27)19-16(30-12-17(25)22-11-13-6-5-9-29-13)10-18(26)24(23-19)15-8-4-3-7-14(15)21/h3-10H,2,11-12H2,1H3,(H,22,25). The molecule has 0 fully saturated rings. The number of nitrogens with zero attached hydrogens (tertiary/aromatic N) is 2. The summed E-state index contributed by atoms with van der Waals surface area (Å²) in [6, 6.07) is 11.0. The largest absolute Gasteiger partial charge is 0.481 e. The fraction of sp³-hybridized carbons (Fsp3) is 0.200. The predicted octanol–water partition coefficient (Wildman–Crippen LogP) is 2.35. The van der Waals surface area contributed by atoms with Crippen molar-refractivity contribution in [2.75, 3.05) is 13.2 Å². The number of carbonyl (C=O) groups excluding carboxylic acids is 2. The second-order valence-electron chi connectivity index (χ2n) is 5.92. The fourth-order valence-corrected chi connectivity index (χ4v) is 2.70. The van der Waals surface area contributed by atoms with Crippen LogP contribution in [0.5, 0.6) is 5.75 Å². The monoisotopic (exact) mass is 431 g/mol. The molecule has 3 aromatic rings. The first-order valence-corrected chi connectivity index (χ1v) is 9.35. The molecule has 156 valence electrons. The molecule has 3 rings (SSSR count). The summed E-state index contributed by atoms with van der Waals surface area (Å²) in [7, 11) is 0. The third-order valence-electron chi connectivity index (χ3n) is 3.84. The van der Waals surface area contributed by atoms with E-state index >= 15 is 0 Å². The van der Waals surface area contributed by atoms with E-state index in [2.05, 4.69) is 10.4 Å². The second kappa shape index (κ2) is 9.75. The van der Waals surface area contributed by atoms with Crippen LogP contribution in [0.25, 0.3) is 5.69 Å². The van der Waals surface area contributed by atoms with Crippen LogP contribution in [-0.2, 0) is 16.1 Å². The lowest BCUT2D eigenvalue weighted by Crippen LogP contribution is -2.30. The average molecular weight is 432 g/mol. The summed E-state index contributed by atoms with van der Waals surface area (Å²) >= 11 is 6.14. The smallest absolute Gasteiger partial charge is 0.362 e. The first kappa shape index (κ1) is 21.1. The molecule has 9 nitrogen and oxygen atoms in total. The van der Waals surface area contributed by atoms with Crippen LogP contribution in [0.4, 0.5) is 0 Å². The minimum Gasteiger partial charge on any atom is -0.481 e. The molecular weight excluding hydrogens is 414 g/mol. The number of halogens is 1. The molecule has 10 heteroatoms. The normalized spacial score (nSPS) is 10.5. The van der Waals surface area contributed by atoms with Gasteiger partial charge in [-0.2, -0.15) is 9.78 Å². The summed E-state index contributed by atoms with van der Waals surface area (Å²) in [5, 5.41) is 6.92. The summed E-state index contributed by atoms with van der Waals surface area (Å²) in [4.78, 5) is 36.9. The van der Waals surface area contributed by atoms with Crippen LogP contribution in [-0.4, -0.2) is 34.9 Å². The van der Waals surface area contributed by atoms with Crippen LogP contribution in [0.2, 0.25) is 5.02 Å². The number of hydrogen-bond acceptors (Lipinski definition) is 7. The lowest BCUT2D eigenvalue weighted by atomic mass is 10.3. The summed E-state index contributed by atoms with van der Waals surface area (Å²) in [5.74, 6) is -0.879. The highest BCUT2D eigenvalue weighted by molar-refractivity contribution is 6.32. The molecule has 0 bridgehead atoms. The molecule has 0 unspecified atom stereocenters. The van der Waals surface area contributed by atoms with Crippen molar-refractivity contribution in [1.82, 2.24) is 15.1 Å². The van der Waals surface area contributed by atoms with Gasteiger partial charge in [0.15, 0.2) is 12.4 Å². The summed E-state index contributed by atoms with van der Waals surface area (Å²) < 4.78 is 16.5.